The number of hydrogen-bond acceptors (Lipinski definition) is 4. The van der Waals surface area contributed by atoms with E-state index in [1.54, 1.807) is 13.1 Å². The summed E-state index contributed by atoms with van der Waals surface area (Å²) in [5.74, 6) is 0.0926. The summed E-state index contributed by atoms with van der Waals surface area (Å²) in [5.41, 5.74) is 2.65. The summed E-state index contributed by atoms with van der Waals surface area (Å²) in [6, 6.07) is 7.70. The van der Waals surface area contributed by atoms with Gasteiger partial charge in [0.1, 0.15) is 0 Å². The van der Waals surface area contributed by atoms with E-state index in [4.69, 9.17) is 0 Å². The van der Waals surface area contributed by atoms with Crippen LogP contribution < -0.4 is 0 Å². The summed E-state index contributed by atoms with van der Waals surface area (Å²) < 4.78 is 2.69. The molecule has 0 saturated heterocycles. The monoisotopic (exact) mass is 243 g/mol. The van der Waals surface area contributed by atoms with Gasteiger partial charge in [0, 0.05) is 17.1 Å². The van der Waals surface area contributed by atoms with Gasteiger partial charge < -0.3 is 0 Å². The number of thiol groups is 1. The van der Waals surface area contributed by atoms with E-state index >= 15 is 0 Å². The number of fused-ring (bicyclic) bond motifs is 1. The van der Waals surface area contributed by atoms with Gasteiger partial charge in [-0.2, -0.15) is 0 Å². The van der Waals surface area contributed by atoms with Crippen LogP contribution in [0.5, 0.6) is 0 Å². The molecule has 0 unspecified atom stereocenters. The van der Waals surface area contributed by atoms with E-state index in [-0.39, 0.29) is 5.78 Å². The van der Waals surface area contributed by atoms with Crippen molar-refractivity contribution in [1.82, 2.24) is 4.98 Å². The first-order chi connectivity index (χ1) is 8.11. The molecular weight excluding hydrogens is 231 g/mol. The molecule has 1 aromatic carbocycles. The molecule has 2 aromatic rings. The fraction of sp³-hybridized carbons (Fsp3) is 0.167. The van der Waals surface area contributed by atoms with E-state index in [1.807, 2.05) is 31.2 Å². The van der Waals surface area contributed by atoms with Crippen LogP contribution in [0.4, 0.5) is 0 Å². The maximum atomic E-state index is 11.3. The van der Waals surface area contributed by atoms with E-state index in [2.05, 4.69) is 29.7 Å². The predicted octanol–water partition coefficient (Wildman–Crippen LogP) is 2.93. The Morgan fingerprint density at radius 1 is 1.41 bits per heavy atom. The first kappa shape index (κ1) is 13.6. The average Bonchev–Trinajstić information content (AvgIpc) is 2.30. The number of Topliss-reactive ketones (excluding diaryl/α,β-unsaturated/α-hetero) is 1. The standard InChI is InChI=1S/C12H11NO.BHNS/c1-8-11(9(2)14)6-5-10-4-3-7-13-12(8)10;1-2-3/h3-7H,1-2H3;3H. The second-order valence-corrected chi connectivity index (χ2v) is 3.72. The molecule has 0 aliphatic carbocycles. The molecule has 0 spiro atoms. The van der Waals surface area contributed by atoms with E-state index < -0.39 is 0 Å². The quantitative estimate of drug-likeness (QED) is 0.475. The summed E-state index contributed by atoms with van der Waals surface area (Å²) in [5, 5.41) is 1.08. The number of benzene rings is 1. The Balaban J connectivity index is 0.000000437. The summed E-state index contributed by atoms with van der Waals surface area (Å²) in [7, 11) is 4.34. The molecule has 0 N–H and O–H groups in total. The fourth-order valence-corrected chi connectivity index (χ4v) is 1.67. The van der Waals surface area contributed by atoms with Crippen molar-refractivity contribution < 1.29 is 4.79 Å². The van der Waals surface area contributed by atoms with Crippen molar-refractivity contribution in [1.29, 1.82) is 0 Å². The molecular formula is C12H12BN2OS. The van der Waals surface area contributed by atoms with E-state index in [1.165, 1.54) is 0 Å². The molecule has 2 rings (SSSR count). The second-order valence-electron chi connectivity index (χ2n) is 3.48. The van der Waals surface area contributed by atoms with Gasteiger partial charge in [0.05, 0.1) is 5.52 Å². The van der Waals surface area contributed by atoms with Crippen molar-refractivity contribution in [3.8, 4) is 0 Å². The van der Waals surface area contributed by atoms with Crippen LogP contribution >= 0.6 is 12.8 Å². The Kier molecular flexibility index (Phi) is 5.03. The van der Waals surface area contributed by atoms with Crippen molar-refractivity contribution in [2.75, 3.05) is 0 Å². The van der Waals surface area contributed by atoms with Gasteiger partial charge in [-0.15, -0.1) is 0 Å². The zero-order valence-corrected chi connectivity index (χ0v) is 10.6. The van der Waals surface area contributed by atoms with Crippen LogP contribution in [0.2, 0.25) is 0 Å². The van der Waals surface area contributed by atoms with E-state index in [0.29, 0.717) is 0 Å². The van der Waals surface area contributed by atoms with Gasteiger partial charge in [-0.25, -0.2) is 0 Å². The van der Waals surface area contributed by atoms with Crippen LogP contribution in [0.25, 0.3) is 10.9 Å². The summed E-state index contributed by atoms with van der Waals surface area (Å²) in [6.45, 7) is 3.52. The summed E-state index contributed by atoms with van der Waals surface area (Å²) in [4.78, 5) is 15.6. The first-order valence-electron chi connectivity index (χ1n) is 5.01. The van der Waals surface area contributed by atoms with Gasteiger partial charge in [-0.3, -0.25) is 9.78 Å². The Labute approximate surface area is 107 Å². The summed E-state index contributed by atoms with van der Waals surface area (Å²) >= 11 is 3.19. The number of nitrogens with zero attached hydrogens (tertiary/aromatic N) is 2. The summed E-state index contributed by atoms with van der Waals surface area (Å²) in [6.07, 6.45) is 1.75. The minimum atomic E-state index is 0.0926. The third-order valence-electron chi connectivity index (χ3n) is 2.41. The zero-order valence-electron chi connectivity index (χ0n) is 9.71. The van der Waals surface area contributed by atoms with Crippen LogP contribution in [0.1, 0.15) is 22.8 Å². The number of pyridine rings is 1. The molecule has 1 radical (unpaired) electrons. The number of ketones is 1. The molecule has 17 heavy (non-hydrogen) atoms. The Morgan fingerprint density at radius 2 is 2.06 bits per heavy atom. The molecule has 1 heterocycles. The number of aromatic nitrogens is 1. The molecule has 1 aromatic heterocycles. The molecule has 0 atom stereocenters. The molecule has 0 fully saturated rings. The molecule has 5 heteroatoms. The Morgan fingerprint density at radius 3 is 2.65 bits per heavy atom. The van der Waals surface area contributed by atoms with Crippen LogP contribution in [0.15, 0.2) is 34.8 Å². The molecule has 85 valence electrons. The molecule has 0 aliphatic heterocycles. The van der Waals surface area contributed by atoms with E-state index in [9.17, 15) is 4.79 Å². The third-order valence-corrected chi connectivity index (χ3v) is 2.41. The third kappa shape index (κ3) is 3.23. The minimum absolute atomic E-state index is 0.0926. The number of aryl methyl sites for hydroxylation is 1. The van der Waals surface area contributed by atoms with Crippen molar-refractivity contribution >= 4 is 37.1 Å². The zero-order chi connectivity index (χ0) is 12.8. The van der Waals surface area contributed by atoms with Crippen molar-refractivity contribution in [3.05, 3.63) is 41.6 Å². The molecule has 0 bridgehead atoms. The Bertz CT molecular complexity index is 557. The predicted molar refractivity (Wildman–Crippen MR) is 73.7 cm³/mol. The number of rotatable bonds is 1. The Hall–Kier alpha value is -1.49. The van der Waals surface area contributed by atoms with Gasteiger partial charge in [0.25, 0.3) is 0 Å². The average molecular weight is 243 g/mol. The van der Waals surface area contributed by atoms with Crippen molar-refractivity contribution in [2.45, 2.75) is 13.8 Å². The number of carbonyl (C=O) groups excluding carboxylic acids is 1. The maximum absolute atomic E-state index is 11.3. The van der Waals surface area contributed by atoms with E-state index in [0.717, 1.165) is 22.0 Å². The van der Waals surface area contributed by atoms with Crippen LogP contribution in [0, 0.1) is 6.92 Å². The molecule has 3 nitrogen and oxygen atoms in total. The number of carbonyl (C=O) groups is 1. The van der Waals surface area contributed by atoms with Gasteiger partial charge in [0.15, 0.2) is 5.78 Å². The molecule has 0 amide bonds. The first-order valence-corrected chi connectivity index (χ1v) is 5.41. The molecule has 0 saturated carbocycles. The topological polar surface area (TPSA) is 42.3 Å². The van der Waals surface area contributed by atoms with Gasteiger partial charge >= 0.3 is 24.8 Å². The SMILES string of the molecule is CC(=O)c1ccc2cccnc2c1C.[B]=NS. The second kappa shape index (κ2) is 6.30. The normalized spacial score (nSPS) is 9.29. The van der Waals surface area contributed by atoms with Gasteiger partial charge in [-0.1, -0.05) is 18.2 Å². The van der Waals surface area contributed by atoms with Crippen molar-refractivity contribution in [2.24, 2.45) is 4.30 Å². The number of hydrogen-bond donors (Lipinski definition) is 1. The van der Waals surface area contributed by atoms with Crippen molar-refractivity contribution in [3.63, 3.8) is 0 Å². The van der Waals surface area contributed by atoms with Gasteiger partial charge in [0.2, 0.25) is 0 Å². The fourth-order valence-electron chi connectivity index (χ4n) is 1.67. The van der Waals surface area contributed by atoms with Crippen LogP contribution in [0.3, 0.4) is 0 Å². The van der Waals surface area contributed by atoms with Crippen LogP contribution in [-0.4, -0.2) is 18.4 Å². The van der Waals surface area contributed by atoms with Gasteiger partial charge in [-0.05, 0) is 25.5 Å². The van der Waals surface area contributed by atoms with Crippen LogP contribution in [-0.2, 0) is 0 Å². The molecule has 0 aliphatic rings.